The van der Waals surface area contributed by atoms with Crippen molar-refractivity contribution in [3.63, 3.8) is 0 Å². The molecule has 6 nitrogen and oxygen atoms in total. The van der Waals surface area contributed by atoms with Crippen LogP contribution in [0, 0.1) is 0 Å². The number of benzene rings is 2. The molecule has 0 radical (unpaired) electrons. The number of ether oxygens (including phenoxy) is 2. The number of piperazine rings is 1. The fraction of sp³-hybridized carbons (Fsp3) is 0.333. The van der Waals surface area contributed by atoms with E-state index in [9.17, 15) is 8.42 Å². The molecule has 1 fully saturated rings. The molecule has 8 heteroatoms. The molecular weight excluding hydrogens is 420 g/mol. The van der Waals surface area contributed by atoms with Gasteiger partial charge in [0.2, 0.25) is 10.0 Å². The van der Waals surface area contributed by atoms with Crippen LogP contribution in [0.5, 0.6) is 11.5 Å². The average Bonchev–Trinajstić information content (AvgIpc) is 2.67. The molecule has 2 aromatic carbocycles. The third kappa shape index (κ3) is 3.67. The minimum atomic E-state index is -3.52. The highest BCUT2D eigenvalue weighted by atomic mass is 79.9. The number of hydrogen-bond acceptors (Lipinski definition) is 5. The molecule has 1 heterocycles. The van der Waals surface area contributed by atoms with E-state index in [1.807, 2.05) is 18.2 Å². The molecule has 3 rings (SSSR count). The van der Waals surface area contributed by atoms with Gasteiger partial charge in [-0.25, -0.2) is 8.42 Å². The summed E-state index contributed by atoms with van der Waals surface area (Å²) in [6, 6.07) is 12.5. The maximum absolute atomic E-state index is 12.9. The van der Waals surface area contributed by atoms with E-state index < -0.39 is 10.0 Å². The van der Waals surface area contributed by atoms with Gasteiger partial charge in [0.1, 0.15) is 11.5 Å². The molecule has 2 aromatic rings. The molecule has 0 unspecified atom stereocenters. The smallest absolute Gasteiger partial charge is 0.244 e. The summed E-state index contributed by atoms with van der Waals surface area (Å²) in [5, 5.41) is 0. The van der Waals surface area contributed by atoms with Crippen molar-refractivity contribution in [2.45, 2.75) is 4.90 Å². The molecule has 0 amide bonds. The molecule has 140 valence electrons. The molecule has 0 spiro atoms. The number of halogens is 1. The predicted molar refractivity (Wildman–Crippen MR) is 105 cm³/mol. The van der Waals surface area contributed by atoms with Gasteiger partial charge in [0, 0.05) is 36.7 Å². The van der Waals surface area contributed by atoms with Crippen LogP contribution >= 0.6 is 15.9 Å². The average molecular weight is 441 g/mol. The normalized spacial score (nSPS) is 15.7. The van der Waals surface area contributed by atoms with E-state index in [1.165, 1.54) is 4.31 Å². The van der Waals surface area contributed by atoms with Crippen molar-refractivity contribution < 1.29 is 17.9 Å². The third-order valence-electron chi connectivity index (χ3n) is 4.42. The number of hydrogen-bond donors (Lipinski definition) is 0. The molecule has 0 aromatic heterocycles. The Kier molecular flexibility index (Phi) is 5.74. The minimum Gasteiger partial charge on any atom is -0.497 e. The quantitative estimate of drug-likeness (QED) is 0.714. The van der Waals surface area contributed by atoms with Crippen LogP contribution in [0.3, 0.4) is 0 Å². The Bertz CT molecular complexity index is 881. The Morgan fingerprint density at radius 2 is 1.65 bits per heavy atom. The Balaban J connectivity index is 1.77. The molecule has 1 aliphatic rings. The lowest BCUT2D eigenvalue weighted by atomic mass is 10.2. The summed E-state index contributed by atoms with van der Waals surface area (Å²) in [7, 11) is -0.288. The highest BCUT2D eigenvalue weighted by Crippen LogP contribution is 2.33. The largest absolute Gasteiger partial charge is 0.497 e. The molecular formula is C18H21BrN2O4S. The second-order valence-electron chi connectivity index (χ2n) is 5.86. The summed E-state index contributed by atoms with van der Waals surface area (Å²) in [4.78, 5) is 2.43. The van der Waals surface area contributed by atoms with Gasteiger partial charge < -0.3 is 14.4 Å². The molecule has 0 saturated carbocycles. The minimum absolute atomic E-state index is 0.301. The molecule has 0 N–H and O–H groups in total. The van der Waals surface area contributed by atoms with Gasteiger partial charge in [-0.2, -0.15) is 4.31 Å². The van der Waals surface area contributed by atoms with E-state index in [2.05, 4.69) is 20.8 Å². The first-order valence-corrected chi connectivity index (χ1v) is 10.4. The lowest BCUT2D eigenvalue weighted by Gasteiger charge is -2.36. The van der Waals surface area contributed by atoms with Crippen LogP contribution in [0.2, 0.25) is 0 Å². The summed E-state index contributed by atoms with van der Waals surface area (Å²) in [6.45, 7) is 2.01. The highest BCUT2D eigenvalue weighted by Gasteiger charge is 2.30. The monoisotopic (exact) mass is 440 g/mol. The lowest BCUT2D eigenvalue weighted by molar-refractivity contribution is 0.375. The molecule has 0 atom stereocenters. The van der Waals surface area contributed by atoms with Crippen LogP contribution in [0.25, 0.3) is 0 Å². The first-order chi connectivity index (χ1) is 12.5. The summed E-state index contributed by atoms with van der Waals surface area (Å²) in [5.41, 5.74) is 0.936. The second-order valence-corrected chi connectivity index (χ2v) is 8.62. The number of nitrogens with zero attached hydrogens (tertiary/aromatic N) is 2. The van der Waals surface area contributed by atoms with Crippen molar-refractivity contribution in [1.82, 2.24) is 4.31 Å². The number of methoxy groups -OCH3 is 2. The Hall–Kier alpha value is -1.77. The third-order valence-corrected chi connectivity index (χ3v) is 7.33. The number of anilines is 1. The van der Waals surface area contributed by atoms with Crippen LogP contribution < -0.4 is 14.4 Å². The lowest BCUT2D eigenvalue weighted by Crippen LogP contribution is -2.48. The van der Waals surface area contributed by atoms with Gasteiger partial charge in [0.15, 0.2) is 0 Å². The van der Waals surface area contributed by atoms with Crippen molar-refractivity contribution in [2.75, 3.05) is 45.3 Å². The zero-order valence-electron chi connectivity index (χ0n) is 14.7. The van der Waals surface area contributed by atoms with Crippen molar-refractivity contribution >= 4 is 31.6 Å². The van der Waals surface area contributed by atoms with E-state index in [0.29, 0.717) is 41.3 Å². The van der Waals surface area contributed by atoms with E-state index in [-0.39, 0.29) is 0 Å². The summed E-state index contributed by atoms with van der Waals surface area (Å²) < 4.78 is 38.6. The van der Waals surface area contributed by atoms with Gasteiger partial charge in [0.25, 0.3) is 0 Å². The topological polar surface area (TPSA) is 59.1 Å². The molecule has 0 aliphatic carbocycles. The van der Waals surface area contributed by atoms with Crippen LogP contribution in [0.15, 0.2) is 51.8 Å². The first-order valence-electron chi connectivity index (χ1n) is 8.19. The Morgan fingerprint density at radius 1 is 0.962 bits per heavy atom. The van der Waals surface area contributed by atoms with E-state index in [1.54, 1.807) is 38.5 Å². The summed E-state index contributed by atoms with van der Waals surface area (Å²) in [6.07, 6.45) is 0. The fourth-order valence-electron chi connectivity index (χ4n) is 3.01. The fourth-order valence-corrected chi connectivity index (χ4v) is 5.39. The van der Waals surface area contributed by atoms with Crippen molar-refractivity contribution in [3.05, 3.63) is 46.9 Å². The molecule has 1 aliphatic heterocycles. The van der Waals surface area contributed by atoms with E-state index in [0.717, 1.165) is 11.4 Å². The molecule has 1 saturated heterocycles. The zero-order valence-corrected chi connectivity index (χ0v) is 17.1. The predicted octanol–water partition coefficient (Wildman–Crippen LogP) is 2.98. The van der Waals surface area contributed by atoms with Gasteiger partial charge in [-0.05, 0) is 40.2 Å². The van der Waals surface area contributed by atoms with Crippen molar-refractivity contribution in [2.24, 2.45) is 0 Å². The maximum Gasteiger partial charge on any atom is 0.244 e. The zero-order chi connectivity index (χ0) is 18.7. The summed E-state index contributed by atoms with van der Waals surface area (Å²) >= 11 is 3.34. The second kappa shape index (κ2) is 7.85. The maximum atomic E-state index is 12.9. The van der Waals surface area contributed by atoms with Crippen LogP contribution in [-0.2, 0) is 10.0 Å². The van der Waals surface area contributed by atoms with Gasteiger partial charge in [-0.15, -0.1) is 0 Å². The van der Waals surface area contributed by atoms with E-state index >= 15 is 0 Å². The number of rotatable bonds is 5. The van der Waals surface area contributed by atoms with Gasteiger partial charge in [-0.3, -0.25) is 0 Å². The van der Waals surface area contributed by atoms with Crippen LogP contribution in [0.1, 0.15) is 0 Å². The van der Waals surface area contributed by atoms with Crippen LogP contribution in [-0.4, -0.2) is 53.1 Å². The number of sulfonamides is 1. The highest BCUT2D eigenvalue weighted by molar-refractivity contribution is 9.10. The Morgan fingerprint density at radius 3 is 2.27 bits per heavy atom. The standard InChI is InChI=1S/C18H21BrN2O4S/c1-24-14-7-8-16(17(13-14)25-2)20-9-11-21(12-10-20)26(22,23)18-6-4-3-5-15(18)19/h3-8,13H,9-12H2,1-2H3. The Labute approximate surface area is 162 Å². The molecule has 0 bridgehead atoms. The van der Waals surface area contributed by atoms with Crippen molar-refractivity contribution in [3.8, 4) is 11.5 Å². The SMILES string of the molecule is COc1ccc(N2CCN(S(=O)(=O)c3ccccc3Br)CC2)c(OC)c1. The first kappa shape index (κ1) is 19.0. The van der Waals surface area contributed by atoms with Gasteiger partial charge in [-0.1, -0.05) is 12.1 Å². The molecule has 26 heavy (non-hydrogen) atoms. The van der Waals surface area contributed by atoms with Crippen LogP contribution in [0.4, 0.5) is 5.69 Å². The van der Waals surface area contributed by atoms with Gasteiger partial charge >= 0.3 is 0 Å². The van der Waals surface area contributed by atoms with E-state index in [4.69, 9.17) is 9.47 Å². The van der Waals surface area contributed by atoms with Crippen molar-refractivity contribution in [1.29, 1.82) is 0 Å². The van der Waals surface area contributed by atoms with Gasteiger partial charge in [0.05, 0.1) is 24.8 Å². The summed E-state index contributed by atoms with van der Waals surface area (Å²) in [5.74, 6) is 1.44.